The summed E-state index contributed by atoms with van der Waals surface area (Å²) in [5, 5.41) is 5.55. The highest BCUT2D eigenvalue weighted by Crippen LogP contribution is 2.26. The molecule has 1 nitrogen and oxygen atoms in total. The summed E-state index contributed by atoms with van der Waals surface area (Å²) in [7, 11) is 0. The van der Waals surface area contributed by atoms with Crippen LogP contribution in [0.4, 0.5) is 8.78 Å². The van der Waals surface area contributed by atoms with E-state index >= 15 is 0 Å². The summed E-state index contributed by atoms with van der Waals surface area (Å²) in [6, 6.07) is 0. The predicted molar refractivity (Wildman–Crippen MR) is 73.3 cm³/mol. The summed E-state index contributed by atoms with van der Waals surface area (Å²) >= 11 is 4.72. The number of hydrogen-bond acceptors (Lipinski definition) is 1. The zero-order chi connectivity index (χ0) is 13.9. The molecule has 0 fully saturated rings. The molecule has 0 rings (SSSR count). The predicted octanol–water partition coefficient (Wildman–Crippen LogP) is 5.49. The van der Waals surface area contributed by atoms with Gasteiger partial charge in [0.25, 0.3) is 0 Å². The number of halogens is 3. The Labute approximate surface area is 115 Å². The minimum atomic E-state index is -3.47. The lowest BCUT2D eigenvalue weighted by atomic mass is 10.0. The van der Waals surface area contributed by atoms with Crippen molar-refractivity contribution in [3.63, 3.8) is 0 Å². The van der Waals surface area contributed by atoms with Crippen molar-refractivity contribution in [2.24, 2.45) is 0 Å². The molecule has 1 N–H and O–H groups in total. The Morgan fingerprint density at radius 3 is 1.67 bits per heavy atom. The number of aliphatic hydroxyl groups excluding tert-OH is 1. The smallest absolute Gasteiger partial charge is 0.347 e. The molecule has 0 aliphatic heterocycles. The minimum Gasteiger partial charge on any atom is -0.385 e. The van der Waals surface area contributed by atoms with Crippen LogP contribution in [0.15, 0.2) is 0 Å². The van der Waals surface area contributed by atoms with Gasteiger partial charge in [0.1, 0.15) is 6.10 Å². The number of rotatable bonds is 12. The first-order valence-electron chi connectivity index (χ1n) is 7.23. The van der Waals surface area contributed by atoms with Gasteiger partial charge in [0.2, 0.25) is 0 Å². The fourth-order valence-electron chi connectivity index (χ4n) is 1.99. The molecule has 0 spiro atoms. The van der Waals surface area contributed by atoms with Crippen molar-refractivity contribution in [2.75, 3.05) is 0 Å². The molecule has 110 valence electrons. The van der Waals surface area contributed by atoms with E-state index in [0.717, 1.165) is 12.8 Å². The molecule has 0 saturated carbocycles. The molecule has 0 saturated heterocycles. The molecule has 0 radical (unpaired) electrons. The van der Waals surface area contributed by atoms with Gasteiger partial charge in [-0.05, 0) is 18.0 Å². The Morgan fingerprint density at radius 2 is 1.28 bits per heavy atom. The van der Waals surface area contributed by atoms with E-state index in [-0.39, 0.29) is 6.42 Å². The Morgan fingerprint density at radius 1 is 0.889 bits per heavy atom. The SMILES string of the molecule is CCCCCCCCCCCCC(O)C(F)(F)Cl. The highest BCUT2D eigenvalue weighted by molar-refractivity contribution is 6.22. The molecular formula is C14H27ClF2O. The maximum atomic E-state index is 12.4. The van der Waals surface area contributed by atoms with Gasteiger partial charge in [-0.2, -0.15) is 8.78 Å². The van der Waals surface area contributed by atoms with Gasteiger partial charge in [-0.25, -0.2) is 0 Å². The normalized spacial score (nSPS) is 13.8. The van der Waals surface area contributed by atoms with Crippen LogP contribution in [0.2, 0.25) is 0 Å². The fourth-order valence-corrected chi connectivity index (χ4v) is 2.10. The van der Waals surface area contributed by atoms with Crippen molar-refractivity contribution in [1.29, 1.82) is 0 Å². The molecule has 0 heterocycles. The largest absolute Gasteiger partial charge is 0.385 e. The van der Waals surface area contributed by atoms with Crippen LogP contribution in [0.1, 0.15) is 77.6 Å². The summed E-state index contributed by atoms with van der Waals surface area (Å²) in [5.74, 6) is 0. The van der Waals surface area contributed by atoms with Crippen LogP contribution in [0.25, 0.3) is 0 Å². The standard InChI is InChI=1S/C14H27ClF2O/c1-2-3-4-5-6-7-8-9-10-11-12-13(18)14(15,16)17/h13,18H,2-12H2,1H3. The molecule has 0 aromatic carbocycles. The minimum absolute atomic E-state index is 0.0903. The number of alkyl halides is 3. The van der Waals surface area contributed by atoms with Crippen LogP contribution < -0.4 is 0 Å². The topological polar surface area (TPSA) is 20.2 Å². The van der Waals surface area contributed by atoms with Crippen molar-refractivity contribution in [3.05, 3.63) is 0 Å². The highest BCUT2D eigenvalue weighted by Gasteiger charge is 2.34. The van der Waals surface area contributed by atoms with Crippen LogP contribution in [-0.4, -0.2) is 16.6 Å². The summed E-state index contributed by atoms with van der Waals surface area (Å²) in [4.78, 5) is 0. The molecule has 0 amide bonds. The van der Waals surface area contributed by atoms with E-state index in [0.29, 0.717) is 6.42 Å². The van der Waals surface area contributed by atoms with E-state index in [1.165, 1.54) is 44.9 Å². The number of hydrogen-bond donors (Lipinski definition) is 1. The third-order valence-electron chi connectivity index (χ3n) is 3.21. The van der Waals surface area contributed by atoms with E-state index in [2.05, 4.69) is 6.92 Å². The molecule has 0 aliphatic carbocycles. The third-order valence-corrected chi connectivity index (χ3v) is 3.46. The van der Waals surface area contributed by atoms with Crippen LogP contribution in [0.3, 0.4) is 0 Å². The van der Waals surface area contributed by atoms with Crippen molar-refractivity contribution in [2.45, 2.75) is 89.0 Å². The number of aliphatic hydroxyl groups is 1. The number of unbranched alkanes of at least 4 members (excludes halogenated alkanes) is 9. The molecule has 1 atom stereocenters. The Balaban J connectivity index is 3.17. The molecule has 0 aromatic heterocycles. The second kappa shape index (κ2) is 11.0. The zero-order valence-corrected chi connectivity index (χ0v) is 12.2. The Hall–Kier alpha value is 0.110. The summed E-state index contributed by atoms with van der Waals surface area (Å²) in [6.07, 6.45) is 9.89. The highest BCUT2D eigenvalue weighted by atomic mass is 35.5. The van der Waals surface area contributed by atoms with Gasteiger partial charge in [0.15, 0.2) is 0 Å². The Kier molecular flexibility index (Phi) is 11.0. The van der Waals surface area contributed by atoms with Crippen LogP contribution in [-0.2, 0) is 0 Å². The maximum absolute atomic E-state index is 12.4. The summed E-state index contributed by atoms with van der Waals surface area (Å²) in [5.41, 5.74) is 0. The average molecular weight is 285 g/mol. The first-order valence-corrected chi connectivity index (χ1v) is 7.61. The monoisotopic (exact) mass is 284 g/mol. The van der Waals surface area contributed by atoms with E-state index in [4.69, 9.17) is 16.7 Å². The van der Waals surface area contributed by atoms with Gasteiger partial charge < -0.3 is 5.11 Å². The van der Waals surface area contributed by atoms with E-state index in [9.17, 15) is 8.78 Å². The molecule has 0 aliphatic rings. The third kappa shape index (κ3) is 11.2. The quantitative estimate of drug-likeness (QED) is 0.371. The second-order valence-electron chi connectivity index (χ2n) is 5.03. The van der Waals surface area contributed by atoms with Crippen molar-refractivity contribution in [1.82, 2.24) is 0 Å². The first kappa shape index (κ1) is 18.1. The van der Waals surface area contributed by atoms with E-state index < -0.39 is 11.5 Å². The zero-order valence-electron chi connectivity index (χ0n) is 11.4. The Bertz CT molecular complexity index is 183. The van der Waals surface area contributed by atoms with Crippen molar-refractivity contribution >= 4 is 11.6 Å². The first-order chi connectivity index (χ1) is 8.48. The van der Waals surface area contributed by atoms with Crippen molar-refractivity contribution in [3.8, 4) is 0 Å². The lowest BCUT2D eigenvalue weighted by Gasteiger charge is -2.15. The van der Waals surface area contributed by atoms with E-state index in [1.807, 2.05) is 0 Å². The second-order valence-corrected chi connectivity index (χ2v) is 5.53. The van der Waals surface area contributed by atoms with Gasteiger partial charge in [0, 0.05) is 0 Å². The molecule has 1 unspecified atom stereocenters. The fraction of sp³-hybridized carbons (Fsp3) is 1.00. The van der Waals surface area contributed by atoms with Gasteiger partial charge in [0.05, 0.1) is 0 Å². The maximum Gasteiger partial charge on any atom is 0.347 e. The lowest BCUT2D eigenvalue weighted by Crippen LogP contribution is -2.26. The van der Waals surface area contributed by atoms with Gasteiger partial charge >= 0.3 is 5.38 Å². The molecule has 18 heavy (non-hydrogen) atoms. The van der Waals surface area contributed by atoms with Crippen LogP contribution in [0.5, 0.6) is 0 Å². The van der Waals surface area contributed by atoms with Crippen LogP contribution >= 0.6 is 11.6 Å². The average Bonchev–Trinajstić information content (AvgIpc) is 2.30. The molecule has 0 bridgehead atoms. The van der Waals surface area contributed by atoms with Crippen LogP contribution in [0, 0.1) is 0 Å². The summed E-state index contributed by atoms with van der Waals surface area (Å²) < 4.78 is 24.8. The molecule has 4 heteroatoms. The molecular weight excluding hydrogens is 258 g/mol. The van der Waals surface area contributed by atoms with Gasteiger partial charge in [-0.15, -0.1) is 0 Å². The van der Waals surface area contributed by atoms with Crippen molar-refractivity contribution < 1.29 is 13.9 Å². The summed E-state index contributed by atoms with van der Waals surface area (Å²) in [6.45, 7) is 2.21. The van der Waals surface area contributed by atoms with Gasteiger partial charge in [-0.3, -0.25) is 0 Å². The van der Waals surface area contributed by atoms with E-state index in [1.54, 1.807) is 0 Å². The molecule has 0 aromatic rings. The van der Waals surface area contributed by atoms with Gasteiger partial charge in [-0.1, -0.05) is 71.1 Å². The lowest BCUT2D eigenvalue weighted by molar-refractivity contribution is -0.0452.